The first kappa shape index (κ1) is 15.9. The fourth-order valence-corrected chi connectivity index (χ4v) is 2.74. The molecule has 122 valence electrons. The molecule has 24 heavy (non-hydrogen) atoms. The van der Waals surface area contributed by atoms with Gasteiger partial charge in [0.25, 0.3) is 11.8 Å². The van der Waals surface area contributed by atoms with Crippen LogP contribution in [-0.2, 0) is 11.2 Å². The van der Waals surface area contributed by atoms with Gasteiger partial charge >= 0.3 is 0 Å². The molecule has 5 nitrogen and oxygen atoms in total. The number of carbonyl (C=O) groups excluding carboxylic acids is 3. The molecule has 0 spiro atoms. The Balaban J connectivity index is 1.46. The van der Waals surface area contributed by atoms with E-state index in [0.29, 0.717) is 24.0 Å². The van der Waals surface area contributed by atoms with Crippen LogP contribution in [0.3, 0.4) is 0 Å². The summed E-state index contributed by atoms with van der Waals surface area (Å²) in [6, 6.07) is 16.5. The number of amides is 3. The molecule has 0 saturated carbocycles. The third-order valence-electron chi connectivity index (χ3n) is 4.02. The molecule has 1 heterocycles. The third kappa shape index (κ3) is 3.35. The second-order valence-corrected chi connectivity index (χ2v) is 5.64. The Labute approximate surface area is 140 Å². The van der Waals surface area contributed by atoms with Crippen LogP contribution in [0.2, 0.25) is 0 Å². The van der Waals surface area contributed by atoms with Gasteiger partial charge in [-0.1, -0.05) is 42.5 Å². The van der Waals surface area contributed by atoms with Gasteiger partial charge < -0.3 is 5.32 Å². The molecule has 0 bridgehead atoms. The number of hydrogen-bond donors (Lipinski definition) is 1. The zero-order valence-corrected chi connectivity index (χ0v) is 13.2. The van der Waals surface area contributed by atoms with Crippen molar-refractivity contribution in [2.45, 2.75) is 12.8 Å². The molecule has 3 amide bonds. The lowest BCUT2D eigenvalue weighted by Gasteiger charge is -2.14. The highest BCUT2D eigenvalue weighted by Gasteiger charge is 2.34. The molecule has 1 aliphatic heterocycles. The van der Waals surface area contributed by atoms with Crippen LogP contribution in [0.4, 0.5) is 0 Å². The van der Waals surface area contributed by atoms with E-state index in [4.69, 9.17) is 0 Å². The summed E-state index contributed by atoms with van der Waals surface area (Å²) in [4.78, 5) is 37.4. The van der Waals surface area contributed by atoms with Crippen molar-refractivity contribution in [1.82, 2.24) is 10.2 Å². The number of nitrogens with one attached hydrogen (secondary N) is 1. The Kier molecular flexibility index (Phi) is 4.70. The van der Waals surface area contributed by atoms with Crippen LogP contribution in [0.25, 0.3) is 0 Å². The Hall–Kier alpha value is -2.95. The molecule has 0 saturated heterocycles. The molecule has 1 aliphatic rings. The molecule has 0 aromatic heterocycles. The van der Waals surface area contributed by atoms with Gasteiger partial charge in [0.2, 0.25) is 5.91 Å². The molecule has 2 aromatic carbocycles. The summed E-state index contributed by atoms with van der Waals surface area (Å²) in [6.07, 6.45) is 1.05. The maximum Gasteiger partial charge on any atom is 0.261 e. The van der Waals surface area contributed by atoms with Crippen molar-refractivity contribution < 1.29 is 14.4 Å². The van der Waals surface area contributed by atoms with Crippen LogP contribution in [0.15, 0.2) is 54.6 Å². The van der Waals surface area contributed by atoms with Gasteiger partial charge in [-0.3, -0.25) is 19.3 Å². The van der Waals surface area contributed by atoms with Gasteiger partial charge in [0, 0.05) is 19.5 Å². The number of rotatable bonds is 6. The average Bonchev–Trinajstić information content (AvgIpc) is 2.86. The summed E-state index contributed by atoms with van der Waals surface area (Å²) in [7, 11) is 0. The zero-order chi connectivity index (χ0) is 16.9. The van der Waals surface area contributed by atoms with E-state index in [-0.39, 0.29) is 30.8 Å². The highest BCUT2D eigenvalue weighted by molar-refractivity contribution is 6.21. The summed E-state index contributed by atoms with van der Waals surface area (Å²) < 4.78 is 0. The summed E-state index contributed by atoms with van der Waals surface area (Å²) in [5, 5.41) is 2.76. The van der Waals surface area contributed by atoms with Crippen LogP contribution in [-0.4, -0.2) is 35.7 Å². The van der Waals surface area contributed by atoms with Crippen molar-refractivity contribution in [1.29, 1.82) is 0 Å². The third-order valence-corrected chi connectivity index (χ3v) is 4.02. The van der Waals surface area contributed by atoms with Crippen LogP contribution in [0, 0.1) is 0 Å². The van der Waals surface area contributed by atoms with Crippen molar-refractivity contribution >= 4 is 17.7 Å². The molecule has 0 radical (unpaired) electrons. The number of hydrogen-bond acceptors (Lipinski definition) is 3. The van der Waals surface area contributed by atoms with E-state index in [1.807, 2.05) is 30.3 Å². The molecule has 0 fully saturated rings. The largest absolute Gasteiger partial charge is 0.354 e. The monoisotopic (exact) mass is 322 g/mol. The second-order valence-electron chi connectivity index (χ2n) is 5.64. The number of benzene rings is 2. The van der Waals surface area contributed by atoms with Gasteiger partial charge in [-0.2, -0.15) is 0 Å². The molecular weight excluding hydrogens is 304 g/mol. The maximum atomic E-state index is 12.2. The average molecular weight is 322 g/mol. The summed E-state index contributed by atoms with van der Waals surface area (Å²) >= 11 is 0. The number of fused-ring (bicyclic) bond motifs is 1. The van der Waals surface area contributed by atoms with E-state index in [1.54, 1.807) is 24.3 Å². The van der Waals surface area contributed by atoms with Crippen LogP contribution >= 0.6 is 0 Å². The molecule has 2 aromatic rings. The lowest BCUT2D eigenvalue weighted by Crippen LogP contribution is -2.38. The highest BCUT2D eigenvalue weighted by atomic mass is 16.2. The van der Waals surface area contributed by atoms with Crippen molar-refractivity contribution in [2.24, 2.45) is 0 Å². The van der Waals surface area contributed by atoms with E-state index in [9.17, 15) is 14.4 Å². The summed E-state index contributed by atoms with van der Waals surface area (Å²) in [5.41, 5.74) is 1.96. The van der Waals surface area contributed by atoms with Crippen molar-refractivity contribution in [3.63, 3.8) is 0 Å². The van der Waals surface area contributed by atoms with E-state index in [2.05, 4.69) is 5.32 Å². The molecule has 5 heteroatoms. The second kappa shape index (κ2) is 7.08. The van der Waals surface area contributed by atoms with E-state index >= 15 is 0 Å². The first-order chi connectivity index (χ1) is 11.7. The first-order valence-electron chi connectivity index (χ1n) is 7.92. The van der Waals surface area contributed by atoms with Gasteiger partial charge in [0.1, 0.15) is 0 Å². The lowest BCUT2D eigenvalue weighted by atomic mass is 10.1. The minimum atomic E-state index is -0.297. The first-order valence-corrected chi connectivity index (χ1v) is 7.92. The Morgan fingerprint density at radius 2 is 1.46 bits per heavy atom. The number of nitrogens with zero attached hydrogens (tertiary/aromatic N) is 1. The molecule has 0 aliphatic carbocycles. The SMILES string of the molecule is O=C(CCc1ccccc1)NCCN1C(=O)c2ccccc2C1=O. The van der Waals surface area contributed by atoms with Gasteiger partial charge in [-0.05, 0) is 24.1 Å². The molecule has 0 atom stereocenters. The minimum absolute atomic E-state index is 0.0875. The zero-order valence-electron chi connectivity index (χ0n) is 13.2. The minimum Gasteiger partial charge on any atom is -0.354 e. The fourth-order valence-electron chi connectivity index (χ4n) is 2.74. The van der Waals surface area contributed by atoms with Crippen molar-refractivity contribution in [2.75, 3.05) is 13.1 Å². The maximum absolute atomic E-state index is 12.2. The van der Waals surface area contributed by atoms with E-state index in [1.165, 1.54) is 4.90 Å². The molecule has 1 N–H and O–H groups in total. The van der Waals surface area contributed by atoms with Gasteiger partial charge in [0.15, 0.2) is 0 Å². The number of aryl methyl sites for hydroxylation is 1. The smallest absolute Gasteiger partial charge is 0.261 e. The van der Waals surface area contributed by atoms with Crippen LogP contribution < -0.4 is 5.32 Å². The molecular formula is C19H18N2O3. The number of imide groups is 1. The van der Waals surface area contributed by atoms with E-state index < -0.39 is 0 Å². The van der Waals surface area contributed by atoms with Gasteiger partial charge in [0.05, 0.1) is 11.1 Å². The predicted octanol–water partition coefficient (Wildman–Crippen LogP) is 2.03. The summed E-state index contributed by atoms with van der Waals surface area (Å²) in [6.45, 7) is 0.447. The predicted molar refractivity (Wildman–Crippen MR) is 89.6 cm³/mol. The van der Waals surface area contributed by atoms with Gasteiger partial charge in [-0.15, -0.1) is 0 Å². The Morgan fingerprint density at radius 3 is 2.08 bits per heavy atom. The van der Waals surface area contributed by atoms with Crippen molar-refractivity contribution in [3.05, 3.63) is 71.3 Å². The van der Waals surface area contributed by atoms with Crippen LogP contribution in [0.1, 0.15) is 32.7 Å². The van der Waals surface area contributed by atoms with Crippen molar-refractivity contribution in [3.8, 4) is 0 Å². The standard InChI is InChI=1S/C19H18N2O3/c22-17(11-10-14-6-2-1-3-7-14)20-12-13-21-18(23)15-8-4-5-9-16(15)19(21)24/h1-9H,10-13H2,(H,20,22). The van der Waals surface area contributed by atoms with E-state index in [0.717, 1.165) is 5.56 Å². The summed E-state index contributed by atoms with van der Waals surface area (Å²) in [5.74, 6) is -0.682. The number of carbonyl (C=O) groups is 3. The Morgan fingerprint density at radius 1 is 0.875 bits per heavy atom. The molecule has 0 unspecified atom stereocenters. The fraction of sp³-hybridized carbons (Fsp3) is 0.211. The quantitative estimate of drug-likeness (QED) is 0.828. The lowest BCUT2D eigenvalue weighted by molar-refractivity contribution is -0.121. The van der Waals surface area contributed by atoms with Crippen LogP contribution in [0.5, 0.6) is 0 Å². The van der Waals surface area contributed by atoms with Gasteiger partial charge in [-0.25, -0.2) is 0 Å². The highest BCUT2D eigenvalue weighted by Crippen LogP contribution is 2.21. The Bertz CT molecular complexity index is 736. The normalized spacial score (nSPS) is 13.1. The molecule has 3 rings (SSSR count). The topological polar surface area (TPSA) is 66.5 Å².